The average Bonchev–Trinajstić information content (AvgIpc) is 3.64. The Bertz CT molecular complexity index is 1610. The van der Waals surface area contributed by atoms with E-state index in [1.165, 1.54) is 4.57 Å². The SMILES string of the molecule is COc1ncnc(C2CC2)c1-c1nc2c(c(N(Cc3ccc(-c4nc(C(F)(F)F)cn4C)cc3)C(C)C)n1)CCC2C. The molecule has 0 saturated heterocycles. The molecule has 11 heteroatoms. The predicted molar refractivity (Wildman–Crippen MR) is 153 cm³/mol. The van der Waals surface area contributed by atoms with E-state index in [0.29, 0.717) is 35.6 Å². The molecule has 0 aliphatic heterocycles. The van der Waals surface area contributed by atoms with E-state index in [-0.39, 0.29) is 11.9 Å². The zero-order chi connectivity index (χ0) is 29.8. The first kappa shape index (κ1) is 28.1. The van der Waals surface area contributed by atoms with Crippen molar-refractivity contribution in [2.24, 2.45) is 7.05 Å². The molecule has 220 valence electrons. The maximum absolute atomic E-state index is 13.2. The molecule has 2 aliphatic rings. The van der Waals surface area contributed by atoms with E-state index in [2.05, 4.69) is 40.6 Å². The number of rotatable bonds is 8. The molecule has 8 nitrogen and oxygen atoms in total. The van der Waals surface area contributed by atoms with Crippen LogP contribution in [0.4, 0.5) is 19.0 Å². The van der Waals surface area contributed by atoms with Crippen LogP contribution in [0.5, 0.6) is 5.88 Å². The Kier molecular flexibility index (Phi) is 7.14. The Labute approximate surface area is 243 Å². The highest BCUT2D eigenvalue weighted by atomic mass is 19.4. The van der Waals surface area contributed by atoms with Crippen molar-refractivity contribution in [2.75, 3.05) is 12.0 Å². The highest BCUT2D eigenvalue weighted by molar-refractivity contribution is 5.69. The summed E-state index contributed by atoms with van der Waals surface area (Å²) in [6.45, 7) is 7.04. The molecule has 1 saturated carbocycles. The van der Waals surface area contributed by atoms with Crippen LogP contribution >= 0.6 is 0 Å². The van der Waals surface area contributed by atoms with Crippen molar-refractivity contribution in [3.63, 3.8) is 0 Å². The van der Waals surface area contributed by atoms with Crippen LogP contribution in [0.3, 0.4) is 0 Å². The predicted octanol–water partition coefficient (Wildman–Crippen LogP) is 6.70. The summed E-state index contributed by atoms with van der Waals surface area (Å²) in [6.07, 6.45) is 2.12. The number of methoxy groups -OCH3 is 1. The van der Waals surface area contributed by atoms with Crippen molar-refractivity contribution >= 4 is 5.82 Å². The van der Waals surface area contributed by atoms with E-state index in [1.54, 1.807) is 20.5 Å². The van der Waals surface area contributed by atoms with Crippen LogP contribution in [0, 0.1) is 0 Å². The molecule has 42 heavy (non-hydrogen) atoms. The van der Waals surface area contributed by atoms with E-state index >= 15 is 0 Å². The molecule has 1 unspecified atom stereocenters. The molecule has 6 rings (SSSR count). The van der Waals surface area contributed by atoms with Crippen molar-refractivity contribution in [3.8, 4) is 28.7 Å². The van der Waals surface area contributed by atoms with Gasteiger partial charge < -0.3 is 14.2 Å². The van der Waals surface area contributed by atoms with Gasteiger partial charge in [0.25, 0.3) is 0 Å². The number of anilines is 1. The minimum atomic E-state index is -4.49. The first-order valence-corrected chi connectivity index (χ1v) is 14.3. The Hall–Kier alpha value is -4.02. The zero-order valence-corrected chi connectivity index (χ0v) is 24.4. The third-order valence-corrected chi connectivity index (χ3v) is 8.16. The molecule has 2 aliphatic carbocycles. The topological polar surface area (TPSA) is 81.9 Å². The largest absolute Gasteiger partial charge is 0.480 e. The molecule has 1 atom stereocenters. The summed E-state index contributed by atoms with van der Waals surface area (Å²) in [5, 5.41) is 0. The standard InChI is InChI=1S/C31H34F3N7O/c1-17(2)41(14-19-7-9-21(10-8-19)28-37-23(15-40(28)4)31(32,33)34)29-22-13-6-18(3)25(22)38-27(39-29)24-26(20-11-12-20)35-16-36-30(24)42-5/h7-10,15-18,20H,6,11-14H2,1-5H3. The van der Waals surface area contributed by atoms with Crippen molar-refractivity contribution < 1.29 is 17.9 Å². The highest BCUT2D eigenvalue weighted by Crippen LogP contribution is 2.46. The van der Waals surface area contributed by atoms with Gasteiger partial charge in [-0.3, -0.25) is 0 Å². The lowest BCUT2D eigenvalue weighted by Gasteiger charge is -2.30. The summed E-state index contributed by atoms with van der Waals surface area (Å²) in [7, 11) is 3.18. The van der Waals surface area contributed by atoms with Gasteiger partial charge in [-0.05, 0) is 51.0 Å². The molecular weight excluding hydrogens is 543 g/mol. The van der Waals surface area contributed by atoms with Crippen molar-refractivity contribution in [2.45, 2.75) is 77.1 Å². The molecule has 0 spiro atoms. The zero-order valence-electron chi connectivity index (χ0n) is 24.4. The molecule has 0 N–H and O–H groups in total. The van der Waals surface area contributed by atoms with Crippen LogP contribution in [0.1, 0.15) is 80.1 Å². The lowest BCUT2D eigenvalue weighted by molar-refractivity contribution is -0.140. The number of ether oxygens (including phenoxy) is 1. The second kappa shape index (κ2) is 10.7. The minimum Gasteiger partial charge on any atom is -0.480 e. The van der Waals surface area contributed by atoms with Crippen LogP contribution in [0.2, 0.25) is 0 Å². The summed E-state index contributed by atoms with van der Waals surface area (Å²) >= 11 is 0. The van der Waals surface area contributed by atoms with Gasteiger partial charge in [0.2, 0.25) is 5.88 Å². The number of benzene rings is 1. The van der Waals surface area contributed by atoms with E-state index in [1.807, 2.05) is 24.3 Å². The Balaban J connectivity index is 1.38. The Morgan fingerprint density at radius 3 is 2.38 bits per heavy atom. The van der Waals surface area contributed by atoms with Gasteiger partial charge in [0.05, 0.1) is 18.5 Å². The monoisotopic (exact) mass is 577 g/mol. The number of hydrogen-bond acceptors (Lipinski definition) is 7. The number of aromatic nitrogens is 6. The lowest BCUT2D eigenvalue weighted by Crippen LogP contribution is -2.32. The Morgan fingerprint density at radius 2 is 1.76 bits per heavy atom. The molecule has 0 radical (unpaired) electrons. The fourth-order valence-electron chi connectivity index (χ4n) is 5.73. The second-order valence-corrected chi connectivity index (χ2v) is 11.6. The van der Waals surface area contributed by atoms with Crippen LogP contribution in [0.25, 0.3) is 22.8 Å². The van der Waals surface area contributed by atoms with Crippen LogP contribution in [0.15, 0.2) is 36.8 Å². The summed E-state index contributed by atoms with van der Waals surface area (Å²) in [6, 6.07) is 7.64. The van der Waals surface area contributed by atoms with Gasteiger partial charge in [-0.15, -0.1) is 0 Å². The molecule has 1 fully saturated rings. The summed E-state index contributed by atoms with van der Waals surface area (Å²) in [5.41, 5.74) is 4.66. The molecule has 1 aromatic carbocycles. The first-order valence-electron chi connectivity index (χ1n) is 14.3. The minimum absolute atomic E-state index is 0.119. The number of nitrogens with zero attached hydrogens (tertiary/aromatic N) is 7. The van der Waals surface area contributed by atoms with Gasteiger partial charge in [-0.1, -0.05) is 31.2 Å². The van der Waals surface area contributed by atoms with E-state index in [9.17, 15) is 13.2 Å². The summed E-state index contributed by atoms with van der Waals surface area (Å²) in [4.78, 5) is 25.4. The van der Waals surface area contributed by atoms with Gasteiger partial charge in [-0.2, -0.15) is 13.2 Å². The third-order valence-electron chi connectivity index (χ3n) is 8.16. The molecular formula is C31H34F3N7O. The second-order valence-electron chi connectivity index (χ2n) is 11.6. The van der Waals surface area contributed by atoms with E-state index < -0.39 is 11.9 Å². The molecule has 4 aromatic rings. The van der Waals surface area contributed by atoms with E-state index in [0.717, 1.165) is 65.8 Å². The highest BCUT2D eigenvalue weighted by Gasteiger charge is 2.36. The van der Waals surface area contributed by atoms with Crippen molar-refractivity contribution in [1.82, 2.24) is 29.5 Å². The van der Waals surface area contributed by atoms with Gasteiger partial charge in [0, 0.05) is 42.9 Å². The van der Waals surface area contributed by atoms with Crippen LogP contribution in [-0.2, 0) is 26.2 Å². The average molecular weight is 578 g/mol. The smallest absolute Gasteiger partial charge is 0.434 e. The van der Waals surface area contributed by atoms with E-state index in [4.69, 9.17) is 14.7 Å². The van der Waals surface area contributed by atoms with Crippen molar-refractivity contribution in [3.05, 3.63) is 65.0 Å². The molecule has 3 aromatic heterocycles. The number of hydrogen-bond donors (Lipinski definition) is 0. The Morgan fingerprint density at radius 1 is 1.02 bits per heavy atom. The first-order chi connectivity index (χ1) is 20.0. The number of alkyl halides is 3. The van der Waals surface area contributed by atoms with Crippen LogP contribution in [-0.4, -0.2) is 42.6 Å². The molecule has 3 heterocycles. The van der Waals surface area contributed by atoms with Gasteiger partial charge in [0.1, 0.15) is 23.5 Å². The fourth-order valence-corrected chi connectivity index (χ4v) is 5.73. The lowest BCUT2D eigenvalue weighted by atomic mass is 10.1. The number of halogens is 3. The van der Waals surface area contributed by atoms with Crippen LogP contribution < -0.4 is 9.64 Å². The van der Waals surface area contributed by atoms with Crippen molar-refractivity contribution in [1.29, 1.82) is 0 Å². The fraction of sp³-hybridized carbons (Fsp3) is 0.452. The number of fused-ring (bicyclic) bond motifs is 1. The third kappa shape index (κ3) is 5.20. The molecule has 0 amide bonds. The normalized spacial score (nSPS) is 16.6. The maximum Gasteiger partial charge on any atom is 0.434 e. The number of imidazole rings is 1. The maximum atomic E-state index is 13.2. The number of aryl methyl sites for hydroxylation is 1. The molecule has 0 bridgehead atoms. The van der Waals surface area contributed by atoms with Gasteiger partial charge in [0.15, 0.2) is 11.5 Å². The van der Waals surface area contributed by atoms with Gasteiger partial charge in [-0.25, -0.2) is 24.9 Å². The quantitative estimate of drug-likeness (QED) is 0.230. The van der Waals surface area contributed by atoms with Gasteiger partial charge >= 0.3 is 6.18 Å². The summed E-state index contributed by atoms with van der Waals surface area (Å²) < 4.78 is 46.7. The summed E-state index contributed by atoms with van der Waals surface area (Å²) in [5.74, 6) is 2.90.